The lowest BCUT2D eigenvalue weighted by atomic mass is 10.0. The number of ether oxygens (including phenoxy) is 2. The number of aliphatic hydroxyl groups is 1. The van der Waals surface area contributed by atoms with E-state index in [1.54, 1.807) is 14.0 Å². The molecule has 1 aromatic carbocycles. The summed E-state index contributed by atoms with van der Waals surface area (Å²) in [6.07, 6.45) is -0.740. The summed E-state index contributed by atoms with van der Waals surface area (Å²) in [5.41, 5.74) is 1.08. The fourth-order valence-electron chi connectivity index (χ4n) is 1.72. The summed E-state index contributed by atoms with van der Waals surface area (Å²) in [4.78, 5) is 11.4. The summed E-state index contributed by atoms with van der Waals surface area (Å²) in [5, 5.41) is 12.7. The minimum atomic E-state index is -0.740. The standard InChI is InChI=1S/C14H21NO4/c1-10(16)13(14(17)19-3)9-15-8-11-4-6-12(18-2)7-5-11/h4-7,10,13,15-16H,8-9H2,1-3H3/t10-,13+/m1/s1. The Hall–Kier alpha value is -1.59. The lowest BCUT2D eigenvalue weighted by Gasteiger charge is -2.18. The Morgan fingerprint density at radius 3 is 2.42 bits per heavy atom. The Balaban J connectivity index is 2.45. The van der Waals surface area contributed by atoms with Crippen molar-refractivity contribution >= 4 is 5.97 Å². The maximum atomic E-state index is 11.4. The number of nitrogens with one attached hydrogen (secondary N) is 1. The first-order valence-electron chi connectivity index (χ1n) is 6.18. The first-order chi connectivity index (χ1) is 9.08. The van der Waals surface area contributed by atoms with Gasteiger partial charge >= 0.3 is 5.97 Å². The molecule has 0 saturated carbocycles. The van der Waals surface area contributed by atoms with Crippen LogP contribution >= 0.6 is 0 Å². The van der Waals surface area contributed by atoms with E-state index in [-0.39, 0.29) is 0 Å². The maximum Gasteiger partial charge on any atom is 0.312 e. The van der Waals surface area contributed by atoms with Gasteiger partial charge in [0.1, 0.15) is 5.75 Å². The molecule has 2 atom stereocenters. The quantitative estimate of drug-likeness (QED) is 0.720. The van der Waals surface area contributed by atoms with Crippen LogP contribution in [0.25, 0.3) is 0 Å². The van der Waals surface area contributed by atoms with Gasteiger partial charge in [0.2, 0.25) is 0 Å². The Labute approximate surface area is 113 Å². The Kier molecular flexibility index (Phi) is 6.32. The average Bonchev–Trinajstić information content (AvgIpc) is 2.43. The molecule has 5 nitrogen and oxygen atoms in total. The first kappa shape index (κ1) is 15.5. The zero-order valence-corrected chi connectivity index (χ0v) is 11.6. The molecule has 0 saturated heterocycles. The molecule has 0 aromatic heterocycles. The summed E-state index contributed by atoms with van der Waals surface area (Å²) >= 11 is 0. The van der Waals surface area contributed by atoms with Gasteiger partial charge in [0.25, 0.3) is 0 Å². The van der Waals surface area contributed by atoms with Crippen LogP contribution in [0.2, 0.25) is 0 Å². The minimum absolute atomic E-state index is 0.371. The van der Waals surface area contributed by atoms with Crippen LogP contribution in [0.15, 0.2) is 24.3 Å². The van der Waals surface area contributed by atoms with E-state index in [0.29, 0.717) is 13.1 Å². The van der Waals surface area contributed by atoms with Gasteiger partial charge < -0.3 is 19.9 Å². The molecule has 0 amide bonds. The SMILES string of the molecule is COC(=O)[C@@H](CNCc1ccc(OC)cc1)[C@@H](C)O. The molecule has 0 heterocycles. The van der Waals surface area contributed by atoms with Crippen LogP contribution in [0.5, 0.6) is 5.75 Å². The number of carbonyl (C=O) groups excluding carboxylic acids is 1. The average molecular weight is 267 g/mol. The molecule has 1 aromatic rings. The van der Waals surface area contributed by atoms with E-state index in [1.165, 1.54) is 7.11 Å². The molecular formula is C14H21NO4. The molecule has 0 aliphatic heterocycles. The molecule has 0 aliphatic carbocycles. The van der Waals surface area contributed by atoms with Crippen LogP contribution < -0.4 is 10.1 Å². The maximum absolute atomic E-state index is 11.4. The molecule has 106 valence electrons. The number of rotatable bonds is 7. The van der Waals surface area contributed by atoms with Crippen molar-refractivity contribution in [2.24, 2.45) is 5.92 Å². The van der Waals surface area contributed by atoms with Crippen LogP contribution in [0.4, 0.5) is 0 Å². The molecule has 0 unspecified atom stereocenters. The van der Waals surface area contributed by atoms with Crippen molar-refractivity contribution in [2.75, 3.05) is 20.8 Å². The number of benzene rings is 1. The third kappa shape index (κ3) is 4.89. The van der Waals surface area contributed by atoms with E-state index in [9.17, 15) is 9.90 Å². The van der Waals surface area contributed by atoms with Crippen molar-refractivity contribution in [2.45, 2.75) is 19.6 Å². The number of carbonyl (C=O) groups is 1. The van der Waals surface area contributed by atoms with Crippen molar-refractivity contribution in [3.8, 4) is 5.75 Å². The third-order valence-electron chi connectivity index (χ3n) is 2.94. The summed E-state index contributed by atoms with van der Waals surface area (Å²) < 4.78 is 9.73. The molecular weight excluding hydrogens is 246 g/mol. The number of aliphatic hydroxyl groups excluding tert-OH is 1. The van der Waals surface area contributed by atoms with Crippen LogP contribution in [-0.2, 0) is 16.1 Å². The van der Waals surface area contributed by atoms with Gasteiger partial charge in [-0.3, -0.25) is 4.79 Å². The zero-order chi connectivity index (χ0) is 14.3. The monoisotopic (exact) mass is 267 g/mol. The van der Waals surface area contributed by atoms with Crippen molar-refractivity contribution in [3.05, 3.63) is 29.8 Å². The van der Waals surface area contributed by atoms with Crippen molar-refractivity contribution in [1.29, 1.82) is 0 Å². The summed E-state index contributed by atoms with van der Waals surface area (Å²) in [7, 11) is 2.94. The fraction of sp³-hybridized carbons (Fsp3) is 0.500. The van der Waals surface area contributed by atoms with Gasteiger partial charge in [-0.2, -0.15) is 0 Å². The third-order valence-corrected chi connectivity index (χ3v) is 2.94. The Bertz CT molecular complexity index is 389. The van der Waals surface area contributed by atoms with E-state index in [4.69, 9.17) is 4.74 Å². The number of esters is 1. The molecule has 19 heavy (non-hydrogen) atoms. The summed E-state index contributed by atoms with van der Waals surface area (Å²) in [5.74, 6) is -0.152. The second-order valence-corrected chi connectivity index (χ2v) is 4.35. The molecule has 0 bridgehead atoms. The van der Waals surface area contributed by atoms with Gasteiger partial charge in [0.05, 0.1) is 26.2 Å². The molecule has 0 aliphatic rings. The highest BCUT2D eigenvalue weighted by atomic mass is 16.5. The first-order valence-corrected chi connectivity index (χ1v) is 6.18. The lowest BCUT2D eigenvalue weighted by Crippen LogP contribution is -2.36. The summed E-state index contributed by atoms with van der Waals surface area (Å²) in [6, 6.07) is 7.65. The lowest BCUT2D eigenvalue weighted by molar-refractivity contribution is -0.148. The molecule has 2 N–H and O–H groups in total. The minimum Gasteiger partial charge on any atom is -0.497 e. The highest BCUT2D eigenvalue weighted by Gasteiger charge is 2.23. The van der Waals surface area contributed by atoms with Gasteiger partial charge in [-0.15, -0.1) is 0 Å². The van der Waals surface area contributed by atoms with Gasteiger partial charge in [-0.1, -0.05) is 12.1 Å². The largest absolute Gasteiger partial charge is 0.497 e. The highest BCUT2D eigenvalue weighted by molar-refractivity contribution is 5.73. The Morgan fingerprint density at radius 2 is 1.95 bits per heavy atom. The summed E-state index contributed by atoms with van der Waals surface area (Å²) in [6.45, 7) is 2.57. The van der Waals surface area contributed by atoms with Crippen molar-refractivity contribution in [3.63, 3.8) is 0 Å². The van der Waals surface area contributed by atoms with Crippen LogP contribution in [-0.4, -0.2) is 37.9 Å². The predicted molar refractivity (Wildman–Crippen MR) is 71.9 cm³/mol. The van der Waals surface area contributed by atoms with Gasteiger partial charge in [-0.25, -0.2) is 0 Å². The smallest absolute Gasteiger partial charge is 0.312 e. The number of hydrogen-bond donors (Lipinski definition) is 2. The van der Waals surface area contributed by atoms with Gasteiger partial charge in [-0.05, 0) is 24.6 Å². The van der Waals surface area contributed by atoms with Crippen LogP contribution in [0.3, 0.4) is 0 Å². The predicted octanol–water partition coefficient (Wildman–Crippen LogP) is 0.955. The number of hydrogen-bond acceptors (Lipinski definition) is 5. The van der Waals surface area contributed by atoms with Crippen molar-refractivity contribution < 1.29 is 19.4 Å². The normalized spacial score (nSPS) is 13.7. The molecule has 0 fully saturated rings. The Morgan fingerprint density at radius 1 is 1.32 bits per heavy atom. The zero-order valence-electron chi connectivity index (χ0n) is 11.6. The molecule has 1 rings (SSSR count). The van der Waals surface area contributed by atoms with E-state index in [2.05, 4.69) is 10.1 Å². The van der Waals surface area contributed by atoms with E-state index < -0.39 is 18.0 Å². The topological polar surface area (TPSA) is 67.8 Å². The van der Waals surface area contributed by atoms with E-state index in [1.807, 2.05) is 24.3 Å². The van der Waals surface area contributed by atoms with Crippen molar-refractivity contribution in [1.82, 2.24) is 5.32 Å². The highest BCUT2D eigenvalue weighted by Crippen LogP contribution is 2.11. The van der Waals surface area contributed by atoms with E-state index in [0.717, 1.165) is 11.3 Å². The molecule has 5 heteroatoms. The molecule has 0 radical (unpaired) electrons. The molecule has 0 spiro atoms. The second kappa shape index (κ2) is 7.76. The van der Waals surface area contributed by atoms with Gasteiger partial charge in [0.15, 0.2) is 0 Å². The van der Waals surface area contributed by atoms with Gasteiger partial charge in [0, 0.05) is 13.1 Å². The van der Waals surface area contributed by atoms with Crippen LogP contribution in [0.1, 0.15) is 12.5 Å². The van der Waals surface area contributed by atoms with Crippen LogP contribution in [0, 0.1) is 5.92 Å². The fourth-order valence-corrected chi connectivity index (χ4v) is 1.72. The second-order valence-electron chi connectivity index (χ2n) is 4.35. The number of methoxy groups -OCH3 is 2. The van der Waals surface area contributed by atoms with E-state index >= 15 is 0 Å².